The summed E-state index contributed by atoms with van der Waals surface area (Å²) in [4.78, 5) is 12.1. The Morgan fingerprint density at radius 3 is 2.94 bits per heavy atom. The lowest BCUT2D eigenvalue weighted by Crippen LogP contribution is -2.35. The van der Waals surface area contributed by atoms with Gasteiger partial charge in [0.1, 0.15) is 0 Å². The molecule has 1 aromatic rings. The number of fused-ring (bicyclic) bond motifs is 1. The minimum absolute atomic E-state index is 0.0556. The fourth-order valence-corrected chi connectivity index (χ4v) is 2.16. The van der Waals surface area contributed by atoms with Crippen molar-refractivity contribution in [2.24, 2.45) is 0 Å². The standard InChI is InChI=1S/C12H20N4O/c1-3-8(4-2)14-12(17)11-9-7-13-6-5-10(9)15-16-11/h8,13H,3-7H2,1-2H3,(H,14,17)(H,15,16). The maximum atomic E-state index is 12.1. The third-order valence-electron chi connectivity index (χ3n) is 3.34. The molecule has 0 bridgehead atoms. The van der Waals surface area contributed by atoms with Crippen LogP contribution < -0.4 is 10.6 Å². The fourth-order valence-electron chi connectivity index (χ4n) is 2.16. The van der Waals surface area contributed by atoms with Crippen LogP contribution in [0.25, 0.3) is 0 Å². The molecule has 0 saturated carbocycles. The zero-order valence-corrected chi connectivity index (χ0v) is 10.5. The normalized spacial score (nSPS) is 14.8. The second-order valence-electron chi connectivity index (χ2n) is 4.44. The predicted molar refractivity (Wildman–Crippen MR) is 65.8 cm³/mol. The van der Waals surface area contributed by atoms with E-state index in [-0.39, 0.29) is 11.9 Å². The van der Waals surface area contributed by atoms with Gasteiger partial charge >= 0.3 is 0 Å². The molecule has 0 atom stereocenters. The summed E-state index contributed by atoms with van der Waals surface area (Å²) in [6, 6.07) is 0.242. The Hall–Kier alpha value is -1.36. The molecular formula is C12H20N4O. The first kappa shape index (κ1) is 12.1. The third kappa shape index (κ3) is 2.49. The Bertz CT molecular complexity index is 395. The molecule has 5 heteroatoms. The summed E-state index contributed by atoms with van der Waals surface area (Å²) in [6.45, 7) is 5.84. The van der Waals surface area contributed by atoms with Crippen molar-refractivity contribution in [3.05, 3.63) is 17.0 Å². The SMILES string of the molecule is CCC(CC)NC(=O)c1n[nH]c2c1CNCC2. The van der Waals surface area contributed by atoms with E-state index in [1.165, 1.54) is 0 Å². The first-order chi connectivity index (χ1) is 8.26. The molecule has 17 heavy (non-hydrogen) atoms. The van der Waals surface area contributed by atoms with E-state index in [9.17, 15) is 4.79 Å². The lowest BCUT2D eigenvalue weighted by Gasteiger charge is -2.16. The van der Waals surface area contributed by atoms with Gasteiger partial charge in [0.05, 0.1) is 0 Å². The molecule has 0 aliphatic carbocycles. The Labute approximate surface area is 101 Å². The van der Waals surface area contributed by atoms with E-state index in [1.54, 1.807) is 0 Å². The van der Waals surface area contributed by atoms with Crippen LogP contribution in [-0.2, 0) is 13.0 Å². The molecule has 0 unspecified atom stereocenters. The van der Waals surface area contributed by atoms with Gasteiger partial charge in [0, 0.05) is 36.8 Å². The highest BCUT2D eigenvalue weighted by molar-refractivity contribution is 5.94. The number of hydrogen-bond donors (Lipinski definition) is 3. The van der Waals surface area contributed by atoms with Gasteiger partial charge in [-0.2, -0.15) is 5.10 Å². The second kappa shape index (κ2) is 5.31. The lowest BCUT2D eigenvalue weighted by atomic mass is 10.1. The van der Waals surface area contributed by atoms with Crippen LogP contribution in [-0.4, -0.2) is 28.7 Å². The number of aromatic nitrogens is 2. The first-order valence-corrected chi connectivity index (χ1v) is 6.33. The molecule has 3 N–H and O–H groups in total. The van der Waals surface area contributed by atoms with E-state index in [0.717, 1.165) is 43.6 Å². The zero-order chi connectivity index (χ0) is 12.3. The summed E-state index contributed by atoms with van der Waals surface area (Å²) in [7, 11) is 0. The van der Waals surface area contributed by atoms with E-state index in [1.807, 2.05) is 0 Å². The van der Waals surface area contributed by atoms with Crippen molar-refractivity contribution >= 4 is 5.91 Å². The molecule has 1 aliphatic rings. The summed E-state index contributed by atoms with van der Waals surface area (Å²) < 4.78 is 0. The fraction of sp³-hybridized carbons (Fsp3) is 0.667. The van der Waals surface area contributed by atoms with Crippen molar-refractivity contribution in [2.45, 2.75) is 45.7 Å². The molecule has 0 aromatic carbocycles. The van der Waals surface area contributed by atoms with Crippen LogP contribution in [0, 0.1) is 0 Å². The van der Waals surface area contributed by atoms with Crippen molar-refractivity contribution in [1.82, 2.24) is 20.8 Å². The summed E-state index contributed by atoms with van der Waals surface area (Å²) >= 11 is 0. The summed E-state index contributed by atoms with van der Waals surface area (Å²) in [6.07, 6.45) is 2.82. The molecule has 2 heterocycles. The van der Waals surface area contributed by atoms with Crippen LogP contribution in [0.2, 0.25) is 0 Å². The highest BCUT2D eigenvalue weighted by Crippen LogP contribution is 2.15. The number of amides is 1. The van der Waals surface area contributed by atoms with Gasteiger partial charge in [-0.05, 0) is 12.8 Å². The van der Waals surface area contributed by atoms with Gasteiger partial charge in [-0.1, -0.05) is 13.8 Å². The van der Waals surface area contributed by atoms with Gasteiger partial charge in [-0.3, -0.25) is 9.89 Å². The molecule has 0 radical (unpaired) electrons. The number of carbonyl (C=O) groups excluding carboxylic acids is 1. The molecule has 2 rings (SSSR count). The zero-order valence-electron chi connectivity index (χ0n) is 10.5. The number of nitrogens with one attached hydrogen (secondary N) is 3. The summed E-state index contributed by atoms with van der Waals surface area (Å²) in [5, 5.41) is 13.4. The number of hydrogen-bond acceptors (Lipinski definition) is 3. The van der Waals surface area contributed by atoms with E-state index in [2.05, 4.69) is 34.7 Å². The largest absolute Gasteiger partial charge is 0.348 e. The van der Waals surface area contributed by atoms with Crippen molar-refractivity contribution < 1.29 is 4.79 Å². The van der Waals surface area contributed by atoms with E-state index in [0.29, 0.717) is 5.69 Å². The van der Waals surface area contributed by atoms with Crippen LogP contribution >= 0.6 is 0 Å². The summed E-state index contributed by atoms with van der Waals surface area (Å²) in [5.41, 5.74) is 2.68. The lowest BCUT2D eigenvalue weighted by molar-refractivity contribution is 0.0928. The number of rotatable bonds is 4. The monoisotopic (exact) mass is 236 g/mol. The topological polar surface area (TPSA) is 69.8 Å². The second-order valence-corrected chi connectivity index (χ2v) is 4.44. The van der Waals surface area contributed by atoms with Crippen LogP contribution in [0.4, 0.5) is 0 Å². The van der Waals surface area contributed by atoms with E-state index in [4.69, 9.17) is 0 Å². The Morgan fingerprint density at radius 1 is 1.47 bits per heavy atom. The average molecular weight is 236 g/mol. The van der Waals surface area contributed by atoms with Gasteiger partial charge in [-0.25, -0.2) is 0 Å². The molecule has 5 nitrogen and oxygen atoms in total. The molecule has 0 spiro atoms. The number of H-pyrrole nitrogens is 1. The van der Waals surface area contributed by atoms with Gasteiger partial charge in [-0.15, -0.1) is 0 Å². The quantitative estimate of drug-likeness (QED) is 0.729. The molecule has 94 valence electrons. The average Bonchev–Trinajstić information content (AvgIpc) is 2.79. The highest BCUT2D eigenvalue weighted by Gasteiger charge is 2.22. The first-order valence-electron chi connectivity index (χ1n) is 6.33. The maximum absolute atomic E-state index is 12.1. The Morgan fingerprint density at radius 2 is 2.24 bits per heavy atom. The number of nitrogens with zero attached hydrogens (tertiary/aromatic N) is 1. The van der Waals surface area contributed by atoms with Crippen LogP contribution in [0.3, 0.4) is 0 Å². The number of aromatic amines is 1. The van der Waals surface area contributed by atoms with Gasteiger partial charge in [0.25, 0.3) is 5.91 Å². The maximum Gasteiger partial charge on any atom is 0.272 e. The van der Waals surface area contributed by atoms with Crippen molar-refractivity contribution in [1.29, 1.82) is 0 Å². The Kier molecular flexibility index (Phi) is 3.78. The highest BCUT2D eigenvalue weighted by atomic mass is 16.2. The van der Waals surface area contributed by atoms with Gasteiger partial charge < -0.3 is 10.6 Å². The Balaban J connectivity index is 2.11. The predicted octanol–water partition coefficient (Wildman–Crippen LogP) is 0.974. The van der Waals surface area contributed by atoms with Crippen LogP contribution in [0.1, 0.15) is 48.4 Å². The van der Waals surface area contributed by atoms with E-state index >= 15 is 0 Å². The summed E-state index contributed by atoms with van der Waals surface area (Å²) in [5.74, 6) is -0.0556. The van der Waals surface area contributed by atoms with Crippen LogP contribution in [0.5, 0.6) is 0 Å². The smallest absolute Gasteiger partial charge is 0.272 e. The molecule has 1 amide bonds. The molecular weight excluding hydrogens is 216 g/mol. The van der Waals surface area contributed by atoms with Crippen molar-refractivity contribution in [3.8, 4) is 0 Å². The number of carbonyl (C=O) groups is 1. The minimum atomic E-state index is -0.0556. The van der Waals surface area contributed by atoms with Crippen molar-refractivity contribution in [2.75, 3.05) is 6.54 Å². The van der Waals surface area contributed by atoms with Gasteiger partial charge in [0.15, 0.2) is 5.69 Å². The molecule has 0 fully saturated rings. The third-order valence-corrected chi connectivity index (χ3v) is 3.34. The van der Waals surface area contributed by atoms with E-state index < -0.39 is 0 Å². The molecule has 1 aliphatic heterocycles. The minimum Gasteiger partial charge on any atom is -0.348 e. The molecule has 1 aromatic heterocycles. The van der Waals surface area contributed by atoms with Crippen molar-refractivity contribution in [3.63, 3.8) is 0 Å². The van der Waals surface area contributed by atoms with Crippen LogP contribution in [0.15, 0.2) is 0 Å². The van der Waals surface area contributed by atoms with Gasteiger partial charge in [0.2, 0.25) is 0 Å². The molecule has 0 saturated heterocycles.